The van der Waals surface area contributed by atoms with Crippen molar-refractivity contribution in [2.45, 2.75) is 26.8 Å². The number of hydrogen-bond donors (Lipinski definition) is 1. The summed E-state index contributed by atoms with van der Waals surface area (Å²) in [4.78, 5) is 2.25. The second kappa shape index (κ2) is 8.12. The van der Waals surface area contributed by atoms with Crippen LogP contribution in [-0.2, 0) is 6.54 Å². The Hall–Kier alpha value is -1.13. The van der Waals surface area contributed by atoms with Crippen molar-refractivity contribution in [1.82, 2.24) is 4.90 Å². The number of nitrogens with zero attached hydrogens (tertiary/aromatic N) is 1. The van der Waals surface area contributed by atoms with E-state index in [4.69, 9.17) is 10.5 Å². The molecule has 0 spiro atoms. The summed E-state index contributed by atoms with van der Waals surface area (Å²) in [5.41, 5.74) is 6.26. The number of benzene rings is 1. The first kappa shape index (κ1) is 15.9. The molecule has 0 saturated heterocycles. The van der Waals surface area contributed by atoms with Gasteiger partial charge in [-0.2, -0.15) is 0 Å². The molecule has 19 heavy (non-hydrogen) atoms. The highest BCUT2D eigenvalue weighted by Crippen LogP contribution is 2.18. The summed E-state index contributed by atoms with van der Waals surface area (Å²) in [7, 11) is 1.54. The van der Waals surface area contributed by atoms with E-state index in [2.05, 4.69) is 18.7 Å². The summed E-state index contributed by atoms with van der Waals surface area (Å²) in [5, 5.41) is 0. The Morgan fingerprint density at radius 3 is 2.63 bits per heavy atom. The molecule has 0 atom stereocenters. The van der Waals surface area contributed by atoms with Gasteiger partial charge in [-0.05, 0) is 31.5 Å². The summed E-state index contributed by atoms with van der Waals surface area (Å²) in [6, 6.07) is 5.03. The normalized spacial score (nSPS) is 11.3. The van der Waals surface area contributed by atoms with Crippen LogP contribution in [0.1, 0.15) is 25.8 Å². The Kier molecular flexibility index (Phi) is 6.81. The van der Waals surface area contributed by atoms with E-state index < -0.39 is 0 Å². The lowest BCUT2D eigenvalue weighted by Gasteiger charge is -2.24. The lowest BCUT2D eigenvalue weighted by Crippen LogP contribution is -2.30. The Labute approximate surface area is 115 Å². The van der Waals surface area contributed by atoms with Crippen LogP contribution in [0, 0.1) is 11.7 Å². The fourth-order valence-electron chi connectivity index (χ4n) is 2.09. The molecular formula is C15H25FN2O. The zero-order valence-corrected chi connectivity index (χ0v) is 12.2. The third-order valence-corrected chi connectivity index (χ3v) is 2.96. The van der Waals surface area contributed by atoms with Crippen molar-refractivity contribution in [3.63, 3.8) is 0 Å². The smallest absolute Gasteiger partial charge is 0.131 e. The van der Waals surface area contributed by atoms with E-state index in [1.165, 1.54) is 6.07 Å². The molecule has 0 aromatic heterocycles. The average molecular weight is 268 g/mol. The standard InChI is InChI=1S/C15H25FN2O/c1-12(2)10-18(8-4-7-17)11-13-5-6-14(19-3)9-15(13)16/h5-6,9,12H,4,7-8,10-11,17H2,1-3H3. The molecule has 108 valence electrons. The first-order valence-electron chi connectivity index (χ1n) is 6.81. The van der Waals surface area contributed by atoms with Crippen LogP contribution in [0.3, 0.4) is 0 Å². The predicted octanol–water partition coefficient (Wildman–Crippen LogP) is 2.64. The van der Waals surface area contributed by atoms with Crippen molar-refractivity contribution < 1.29 is 9.13 Å². The average Bonchev–Trinajstić information content (AvgIpc) is 2.37. The maximum Gasteiger partial charge on any atom is 0.131 e. The fraction of sp³-hybridized carbons (Fsp3) is 0.600. The molecule has 2 N–H and O–H groups in total. The minimum Gasteiger partial charge on any atom is -0.497 e. The van der Waals surface area contributed by atoms with Gasteiger partial charge in [0.05, 0.1) is 7.11 Å². The third kappa shape index (κ3) is 5.57. The molecule has 4 heteroatoms. The minimum atomic E-state index is -0.208. The van der Waals surface area contributed by atoms with E-state index in [1.54, 1.807) is 19.2 Å². The van der Waals surface area contributed by atoms with Crippen LogP contribution in [0.15, 0.2) is 18.2 Å². The second-order valence-corrected chi connectivity index (χ2v) is 5.23. The zero-order chi connectivity index (χ0) is 14.3. The predicted molar refractivity (Wildman–Crippen MR) is 76.7 cm³/mol. The van der Waals surface area contributed by atoms with Gasteiger partial charge in [-0.25, -0.2) is 4.39 Å². The van der Waals surface area contributed by atoms with E-state index in [0.717, 1.165) is 19.5 Å². The van der Waals surface area contributed by atoms with Gasteiger partial charge in [0.25, 0.3) is 0 Å². The van der Waals surface area contributed by atoms with Gasteiger partial charge >= 0.3 is 0 Å². The monoisotopic (exact) mass is 268 g/mol. The number of nitrogens with two attached hydrogens (primary N) is 1. The Morgan fingerprint density at radius 2 is 2.11 bits per heavy atom. The van der Waals surface area contributed by atoms with E-state index in [0.29, 0.717) is 30.3 Å². The van der Waals surface area contributed by atoms with Crippen molar-refractivity contribution in [2.24, 2.45) is 11.7 Å². The van der Waals surface area contributed by atoms with Crippen LogP contribution in [0.2, 0.25) is 0 Å². The first-order chi connectivity index (χ1) is 9.06. The third-order valence-electron chi connectivity index (χ3n) is 2.96. The molecule has 0 amide bonds. The largest absolute Gasteiger partial charge is 0.497 e. The van der Waals surface area contributed by atoms with Gasteiger partial charge in [0.15, 0.2) is 0 Å². The van der Waals surface area contributed by atoms with Crippen LogP contribution >= 0.6 is 0 Å². The van der Waals surface area contributed by atoms with Crippen molar-refractivity contribution in [3.05, 3.63) is 29.6 Å². The molecule has 0 unspecified atom stereocenters. The molecular weight excluding hydrogens is 243 g/mol. The maximum absolute atomic E-state index is 13.9. The van der Waals surface area contributed by atoms with Crippen molar-refractivity contribution >= 4 is 0 Å². The molecule has 1 aromatic carbocycles. The lowest BCUT2D eigenvalue weighted by atomic mass is 10.1. The Bertz CT molecular complexity index is 382. The number of hydrogen-bond acceptors (Lipinski definition) is 3. The van der Waals surface area contributed by atoms with Gasteiger partial charge in [-0.15, -0.1) is 0 Å². The molecule has 0 fully saturated rings. The number of halogens is 1. The van der Waals surface area contributed by atoms with E-state index in [9.17, 15) is 4.39 Å². The van der Waals surface area contributed by atoms with Crippen LogP contribution in [0.4, 0.5) is 4.39 Å². The molecule has 0 aliphatic carbocycles. The highest BCUT2D eigenvalue weighted by Gasteiger charge is 2.11. The second-order valence-electron chi connectivity index (χ2n) is 5.23. The SMILES string of the molecule is COc1ccc(CN(CCCN)CC(C)C)c(F)c1. The van der Waals surface area contributed by atoms with Crippen molar-refractivity contribution in [1.29, 1.82) is 0 Å². The van der Waals surface area contributed by atoms with Crippen molar-refractivity contribution in [2.75, 3.05) is 26.7 Å². The summed E-state index contributed by atoms with van der Waals surface area (Å²) in [6.45, 7) is 7.47. The Morgan fingerprint density at radius 1 is 1.37 bits per heavy atom. The fourth-order valence-corrected chi connectivity index (χ4v) is 2.09. The van der Waals surface area contributed by atoms with E-state index >= 15 is 0 Å². The van der Waals surface area contributed by atoms with Crippen LogP contribution in [0.5, 0.6) is 5.75 Å². The van der Waals surface area contributed by atoms with Crippen LogP contribution in [0.25, 0.3) is 0 Å². The van der Waals surface area contributed by atoms with E-state index in [1.807, 2.05) is 0 Å². The van der Waals surface area contributed by atoms with Gasteiger partial charge in [-0.3, -0.25) is 4.90 Å². The molecule has 0 aliphatic rings. The summed E-state index contributed by atoms with van der Waals surface area (Å²) < 4.78 is 18.9. The quantitative estimate of drug-likeness (QED) is 0.787. The number of methoxy groups -OCH3 is 1. The zero-order valence-electron chi connectivity index (χ0n) is 12.2. The molecule has 1 aromatic rings. The summed E-state index contributed by atoms with van der Waals surface area (Å²) >= 11 is 0. The topological polar surface area (TPSA) is 38.5 Å². The van der Waals surface area contributed by atoms with Gasteiger partial charge < -0.3 is 10.5 Å². The lowest BCUT2D eigenvalue weighted by molar-refractivity contribution is 0.231. The summed E-state index contributed by atoms with van der Waals surface area (Å²) in [6.07, 6.45) is 0.935. The highest BCUT2D eigenvalue weighted by atomic mass is 19.1. The Balaban J connectivity index is 2.71. The van der Waals surface area contributed by atoms with Gasteiger partial charge in [-0.1, -0.05) is 19.9 Å². The van der Waals surface area contributed by atoms with Gasteiger partial charge in [0, 0.05) is 24.7 Å². The maximum atomic E-state index is 13.9. The van der Waals surface area contributed by atoms with Crippen molar-refractivity contribution in [3.8, 4) is 5.75 Å². The molecule has 1 rings (SSSR count). The highest BCUT2D eigenvalue weighted by molar-refractivity contribution is 5.28. The van der Waals surface area contributed by atoms with Crippen LogP contribution < -0.4 is 10.5 Å². The first-order valence-corrected chi connectivity index (χ1v) is 6.81. The van der Waals surface area contributed by atoms with Gasteiger partial charge in [0.2, 0.25) is 0 Å². The molecule has 0 radical (unpaired) electrons. The molecule has 0 aliphatic heterocycles. The minimum absolute atomic E-state index is 0.208. The molecule has 0 heterocycles. The molecule has 3 nitrogen and oxygen atoms in total. The van der Waals surface area contributed by atoms with Gasteiger partial charge in [0.1, 0.15) is 11.6 Å². The number of ether oxygens (including phenoxy) is 1. The molecule has 0 saturated carbocycles. The summed E-state index contributed by atoms with van der Waals surface area (Å²) in [5.74, 6) is 0.901. The van der Waals surface area contributed by atoms with E-state index in [-0.39, 0.29) is 5.82 Å². The number of rotatable bonds is 8. The van der Waals surface area contributed by atoms with Crippen LogP contribution in [-0.4, -0.2) is 31.6 Å². The molecule has 0 bridgehead atoms.